The van der Waals surface area contributed by atoms with E-state index in [1.807, 2.05) is 53.4 Å². The van der Waals surface area contributed by atoms with E-state index in [1.54, 1.807) is 0 Å². The van der Waals surface area contributed by atoms with Crippen molar-refractivity contribution in [1.29, 1.82) is 0 Å². The summed E-state index contributed by atoms with van der Waals surface area (Å²) in [6.45, 7) is 4.23. The molecule has 0 aliphatic rings. The third kappa shape index (κ3) is 6.16. The fraction of sp³-hybridized carbons (Fsp3) is 0.389. The molecule has 1 aromatic heterocycles. The van der Waals surface area contributed by atoms with Crippen LogP contribution < -0.4 is 10.6 Å². The summed E-state index contributed by atoms with van der Waals surface area (Å²) in [5.74, 6) is 0. The highest BCUT2D eigenvalue weighted by Crippen LogP contribution is 2.14. The Hall–Kier alpha value is -2.27. The molecule has 2 amide bonds. The number of anilines is 1. The number of urea groups is 1. The largest absolute Gasteiger partial charge is 0.381 e. The molecule has 124 valence electrons. The molecular weight excluding hydrogens is 290 g/mol. The first-order valence-electron chi connectivity index (χ1n) is 8.15. The van der Waals surface area contributed by atoms with Crippen molar-refractivity contribution >= 4 is 11.7 Å². The van der Waals surface area contributed by atoms with Gasteiger partial charge in [0.2, 0.25) is 0 Å². The fourth-order valence-electron chi connectivity index (χ4n) is 2.15. The van der Waals surface area contributed by atoms with Gasteiger partial charge in [0.25, 0.3) is 0 Å². The van der Waals surface area contributed by atoms with Crippen LogP contribution in [-0.4, -0.2) is 30.4 Å². The van der Waals surface area contributed by atoms with E-state index in [9.17, 15) is 4.79 Å². The first-order chi connectivity index (χ1) is 11.3. The lowest BCUT2D eigenvalue weighted by atomic mass is 10.3. The van der Waals surface area contributed by atoms with Crippen molar-refractivity contribution in [2.45, 2.75) is 26.2 Å². The van der Waals surface area contributed by atoms with Crippen molar-refractivity contribution in [3.05, 3.63) is 48.8 Å². The number of rotatable bonds is 9. The Morgan fingerprint density at radius 1 is 1.13 bits per heavy atom. The van der Waals surface area contributed by atoms with E-state index in [0.29, 0.717) is 13.2 Å². The Morgan fingerprint density at radius 3 is 2.70 bits per heavy atom. The first kappa shape index (κ1) is 17.1. The lowest BCUT2D eigenvalue weighted by Gasteiger charge is -2.10. The second-order valence-electron chi connectivity index (χ2n) is 5.34. The number of benzene rings is 1. The second kappa shape index (κ2) is 9.69. The number of amides is 2. The third-order valence-electron chi connectivity index (χ3n) is 3.40. The van der Waals surface area contributed by atoms with Gasteiger partial charge in [-0.15, -0.1) is 0 Å². The Labute approximate surface area is 137 Å². The van der Waals surface area contributed by atoms with Crippen LogP contribution in [0.2, 0.25) is 0 Å². The number of aromatic nitrogens is 1. The minimum Gasteiger partial charge on any atom is -0.381 e. The van der Waals surface area contributed by atoms with Gasteiger partial charge in [-0.3, -0.25) is 0 Å². The standard InChI is InChI=1S/C18H25N3O2/c1-2-3-13-23-14-7-10-19-18(22)20-16-8-6-9-17(15-16)21-11-4-5-12-21/h4-6,8-9,11-12,15H,2-3,7,10,13-14H2,1H3,(H2,19,20,22). The van der Waals surface area contributed by atoms with Crippen LogP contribution in [0.25, 0.3) is 5.69 Å². The molecule has 0 aliphatic heterocycles. The van der Waals surface area contributed by atoms with Gasteiger partial charge in [-0.1, -0.05) is 19.4 Å². The molecule has 0 radical (unpaired) electrons. The van der Waals surface area contributed by atoms with E-state index >= 15 is 0 Å². The molecule has 0 saturated carbocycles. The van der Waals surface area contributed by atoms with Gasteiger partial charge in [0.05, 0.1) is 0 Å². The van der Waals surface area contributed by atoms with E-state index < -0.39 is 0 Å². The number of unbranched alkanes of at least 4 members (excludes halogenated alkanes) is 1. The number of carbonyl (C=O) groups excluding carboxylic acids is 1. The highest BCUT2D eigenvalue weighted by atomic mass is 16.5. The first-order valence-corrected chi connectivity index (χ1v) is 8.15. The molecule has 0 spiro atoms. The van der Waals surface area contributed by atoms with Gasteiger partial charge < -0.3 is 19.9 Å². The van der Waals surface area contributed by atoms with Crippen molar-refractivity contribution in [3.63, 3.8) is 0 Å². The highest BCUT2D eigenvalue weighted by Gasteiger charge is 2.02. The number of ether oxygens (including phenoxy) is 1. The van der Waals surface area contributed by atoms with Crippen molar-refractivity contribution in [2.24, 2.45) is 0 Å². The van der Waals surface area contributed by atoms with Crippen LogP contribution in [0, 0.1) is 0 Å². The summed E-state index contributed by atoms with van der Waals surface area (Å²) in [5.41, 5.74) is 1.78. The van der Waals surface area contributed by atoms with Gasteiger partial charge in [-0.25, -0.2) is 4.79 Å². The number of hydrogen-bond acceptors (Lipinski definition) is 2. The molecule has 0 bridgehead atoms. The second-order valence-corrected chi connectivity index (χ2v) is 5.34. The predicted octanol–water partition coefficient (Wildman–Crippen LogP) is 3.81. The quantitative estimate of drug-likeness (QED) is 0.691. The molecule has 0 saturated heterocycles. The minimum absolute atomic E-state index is 0.191. The molecule has 23 heavy (non-hydrogen) atoms. The molecule has 0 fully saturated rings. The summed E-state index contributed by atoms with van der Waals surface area (Å²) in [5, 5.41) is 5.69. The zero-order valence-corrected chi connectivity index (χ0v) is 13.6. The maximum absolute atomic E-state index is 11.9. The topological polar surface area (TPSA) is 55.3 Å². The Bertz CT molecular complexity index is 582. The number of carbonyl (C=O) groups is 1. The zero-order chi connectivity index (χ0) is 16.3. The molecule has 5 nitrogen and oxygen atoms in total. The zero-order valence-electron chi connectivity index (χ0n) is 13.6. The molecule has 2 N–H and O–H groups in total. The van der Waals surface area contributed by atoms with Crippen LogP contribution >= 0.6 is 0 Å². The van der Waals surface area contributed by atoms with Gasteiger partial charge in [0.1, 0.15) is 0 Å². The summed E-state index contributed by atoms with van der Waals surface area (Å²) < 4.78 is 7.45. The Morgan fingerprint density at radius 2 is 1.91 bits per heavy atom. The van der Waals surface area contributed by atoms with Crippen LogP contribution in [-0.2, 0) is 4.74 Å². The average molecular weight is 315 g/mol. The van der Waals surface area contributed by atoms with Crippen molar-refractivity contribution in [3.8, 4) is 5.69 Å². The summed E-state index contributed by atoms with van der Waals surface area (Å²) in [6.07, 6.45) is 6.99. The molecule has 0 aliphatic carbocycles. The smallest absolute Gasteiger partial charge is 0.319 e. The monoisotopic (exact) mass is 315 g/mol. The maximum Gasteiger partial charge on any atom is 0.319 e. The van der Waals surface area contributed by atoms with Crippen molar-refractivity contribution in [2.75, 3.05) is 25.1 Å². The summed E-state index contributed by atoms with van der Waals surface area (Å²) >= 11 is 0. The lowest BCUT2D eigenvalue weighted by molar-refractivity contribution is 0.129. The summed E-state index contributed by atoms with van der Waals surface area (Å²) in [6, 6.07) is 11.5. The number of hydrogen-bond donors (Lipinski definition) is 2. The third-order valence-corrected chi connectivity index (χ3v) is 3.40. The highest BCUT2D eigenvalue weighted by molar-refractivity contribution is 5.89. The van der Waals surface area contributed by atoms with Crippen LogP contribution in [0.3, 0.4) is 0 Å². The van der Waals surface area contributed by atoms with E-state index in [4.69, 9.17) is 4.74 Å². The summed E-state index contributed by atoms with van der Waals surface area (Å²) in [4.78, 5) is 11.9. The van der Waals surface area contributed by atoms with Crippen LogP contribution in [0.5, 0.6) is 0 Å². The average Bonchev–Trinajstić information content (AvgIpc) is 3.09. The summed E-state index contributed by atoms with van der Waals surface area (Å²) in [7, 11) is 0. The number of nitrogens with one attached hydrogen (secondary N) is 2. The van der Waals surface area contributed by atoms with Gasteiger partial charge in [-0.05, 0) is 43.2 Å². The van der Waals surface area contributed by atoms with Crippen LogP contribution in [0.15, 0.2) is 48.8 Å². The molecular formula is C18H25N3O2. The van der Waals surface area contributed by atoms with Crippen LogP contribution in [0.1, 0.15) is 26.2 Å². The van der Waals surface area contributed by atoms with E-state index in [1.165, 1.54) is 0 Å². The Balaban J connectivity index is 1.70. The molecule has 1 heterocycles. The molecule has 0 unspecified atom stereocenters. The molecule has 2 rings (SSSR count). The SMILES string of the molecule is CCCCOCCCNC(=O)Nc1cccc(-n2cccc2)c1. The van der Waals surface area contributed by atoms with Crippen LogP contribution in [0.4, 0.5) is 10.5 Å². The Kier molecular flexibility index (Phi) is 7.20. The molecule has 1 aromatic carbocycles. The van der Waals surface area contributed by atoms with E-state index in [2.05, 4.69) is 17.6 Å². The normalized spacial score (nSPS) is 10.5. The molecule has 2 aromatic rings. The van der Waals surface area contributed by atoms with Crippen molar-refractivity contribution < 1.29 is 9.53 Å². The van der Waals surface area contributed by atoms with Gasteiger partial charge in [-0.2, -0.15) is 0 Å². The minimum atomic E-state index is -0.191. The van der Waals surface area contributed by atoms with Gasteiger partial charge in [0, 0.05) is 43.5 Å². The maximum atomic E-state index is 11.9. The fourth-order valence-corrected chi connectivity index (χ4v) is 2.15. The van der Waals surface area contributed by atoms with Gasteiger partial charge in [0.15, 0.2) is 0 Å². The predicted molar refractivity (Wildman–Crippen MR) is 93.1 cm³/mol. The number of nitrogens with zero attached hydrogens (tertiary/aromatic N) is 1. The van der Waals surface area contributed by atoms with Gasteiger partial charge >= 0.3 is 6.03 Å². The van der Waals surface area contributed by atoms with Crippen molar-refractivity contribution in [1.82, 2.24) is 9.88 Å². The van der Waals surface area contributed by atoms with E-state index in [-0.39, 0.29) is 6.03 Å². The lowest BCUT2D eigenvalue weighted by Crippen LogP contribution is -2.30. The molecule has 5 heteroatoms. The molecule has 0 atom stereocenters. The van der Waals surface area contributed by atoms with E-state index in [0.717, 1.165) is 37.2 Å².